The molecule has 2 nitrogen and oxygen atoms in total. The Bertz CT molecular complexity index is 614. The van der Waals surface area contributed by atoms with Gasteiger partial charge in [0, 0.05) is 23.7 Å². The molecule has 0 bridgehead atoms. The molecule has 22 heavy (non-hydrogen) atoms. The maximum atomic E-state index is 13.0. The Morgan fingerprint density at radius 1 is 1.18 bits per heavy atom. The maximum absolute atomic E-state index is 13.0. The second-order valence-corrected chi connectivity index (χ2v) is 6.44. The van der Waals surface area contributed by atoms with Crippen LogP contribution in [-0.4, -0.2) is 17.4 Å². The summed E-state index contributed by atoms with van der Waals surface area (Å²) in [5.74, 6) is 1.67. The Morgan fingerprint density at radius 3 is 2.68 bits per heavy atom. The van der Waals surface area contributed by atoms with Crippen molar-refractivity contribution in [2.45, 2.75) is 12.7 Å². The monoisotopic (exact) mass is 334 g/mol. The molecule has 0 aliphatic rings. The van der Waals surface area contributed by atoms with Crippen LogP contribution in [0.15, 0.2) is 48.5 Å². The molecule has 0 saturated heterocycles. The van der Waals surface area contributed by atoms with Crippen molar-refractivity contribution < 1.29 is 4.39 Å². The third-order valence-electron chi connectivity index (χ3n) is 3.00. The van der Waals surface area contributed by atoms with Gasteiger partial charge in [0.15, 0.2) is 5.11 Å². The molecule has 0 atom stereocenters. The van der Waals surface area contributed by atoms with Crippen molar-refractivity contribution in [3.05, 3.63) is 65.5 Å². The van der Waals surface area contributed by atoms with E-state index in [4.69, 9.17) is 12.2 Å². The third kappa shape index (κ3) is 6.03. The molecule has 0 saturated carbocycles. The number of thiocarbonyl (C=S) groups is 1. The zero-order chi connectivity index (χ0) is 15.8. The topological polar surface area (TPSA) is 24.1 Å². The minimum Gasteiger partial charge on any atom is -0.362 e. The number of halogens is 1. The molecule has 2 rings (SSSR count). The molecule has 2 aromatic carbocycles. The van der Waals surface area contributed by atoms with Crippen LogP contribution in [0.1, 0.15) is 11.1 Å². The van der Waals surface area contributed by atoms with Crippen LogP contribution in [0.4, 0.5) is 10.1 Å². The number of hydrogen-bond donors (Lipinski definition) is 2. The van der Waals surface area contributed by atoms with Crippen LogP contribution < -0.4 is 10.6 Å². The molecule has 0 fully saturated rings. The molecule has 5 heteroatoms. The van der Waals surface area contributed by atoms with Crippen molar-refractivity contribution in [1.29, 1.82) is 0 Å². The molecular weight excluding hydrogens is 315 g/mol. The average molecular weight is 334 g/mol. The SMILES string of the molecule is Cc1ccc(CSCCNC(=S)Nc2cccc(F)c2)cc1. The second-order valence-electron chi connectivity index (χ2n) is 4.93. The molecule has 0 amide bonds. The molecule has 116 valence electrons. The lowest BCUT2D eigenvalue weighted by Crippen LogP contribution is -2.30. The fourth-order valence-electron chi connectivity index (χ4n) is 1.85. The summed E-state index contributed by atoms with van der Waals surface area (Å²) in [5, 5.41) is 6.61. The summed E-state index contributed by atoms with van der Waals surface area (Å²) in [6.07, 6.45) is 0. The second kappa shape index (κ2) is 8.76. The van der Waals surface area contributed by atoms with E-state index in [9.17, 15) is 4.39 Å². The lowest BCUT2D eigenvalue weighted by Gasteiger charge is -2.10. The minimum atomic E-state index is -0.276. The number of rotatable bonds is 6. The Hall–Kier alpha value is -1.59. The van der Waals surface area contributed by atoms with Crippen molar-refractivity contribution in [2.75, 3.05) is 17.6 Å². The number of aryl methyl sites for hydroxylation is 1. The van der Waals surface area contributed by atoms with Gasteiger partial charge in [-0.3, -0.25) is 0 Å². The maximum Gasteiger partial charge on any atom is 0.170 e. The van der Waals surface area contributed by atoms with Crippen LogP contribution in [0.25, 0.3) is 0 Å². The molecule has 2 aromatic rings. The summed E-state index contributed by atoms with van der Waals surface area (Å²) < 4.78 is 13.0. The molecule has 0 spiro atoms. The van der Waals surface area contributed by atoms with E-state index in [0.717, 1.165) is 18.1 Å². The van der Waals surface area contributed by atoms with E-state index < -0.39 is 0 Å². The fourth-order valence-corrected chi connectivity index (χ4v) is 2.89. The van der Waals surface area contributed by atoms with Gasteiger partial charge in [0.25, 0.3) is 0 Å². The van der Waals surface area contributed by atoms with Crippen molar-refractivity contribution in [3.8, 4) is 0 Å². The van der Waals surface area contributed by atoms with Crippen molar-refractivity contribution >= 4 is 34.8 Å². The lowest BCUT2D eigenvalue weighted by atomic mass is 10.2. The summed E-state index contributed by atoms with van der Waals surface area (Å²) in [7, 11) is 0. The van der Waals surface area contributed by atoms with E-state index in [1.54, 1.807) is 12.1 Å². The van der Waals surface area contributed by atoms with Gasteiger partial charge in [0.1, 0.15) is 5.82 Å². The highest BCUT2D eigenvalue weighted by Gasteiger charge is 1.99. The molecule has 0 radical (unpaired) electrons. The van der Waals surface area contributed by atoms with Crippen molar-refractivity contribution in [3.63, 3.8) is 0 Å². The van der Waals surface area contributed by atoms with Crippen LogP contribution in [0, 0.1) is 12.7 Å². The summed E-state index contributed by atoms with van der Waals surface area (Å²) in [6, 6.07) is 14.8. The Balaban J connectivity index is 1.62. The number of hydrogen-bond acceptors (Lipinski definition) is 2. The highest BCUT2D eigenvalue weighted by atomic mass is 32.2. The number of benzene rings is 2. The molecule has 0 aliphatic carbocycles. The highest BCUT2D eigenvalue weighted by molar-refractivity contribution is 7.98. The van der Waals surface area contributed by atoms with Gasteiger partial charge in [-0.05, 0) is 42.9 Å². The molecule has 0 heterocycles. The Kier molecular flexibility index (Phi) is 6.68. The smallest absolute Gasteiger partial charge is 0.170 e. The van der Waals surface area contributed by atoms with Crippen LogP contribution in [0.5, 0.6) is 0 Å². The Labute approximate surface area is 140 Å². The van der Waals surface area contributed by atoms with E-state index in [0.29, 0.717) is 10.8 Å². The zero-order valence-corrected chi connectivity index (χ0v) is 14.1. The molecule has 0 aromatic heterocycles. The fraction of sp³-hybridized carbons (Fsp3) is 0.235. The summed E-state index contributed by atoms with van der Waals surface area (Å²) in [5.41, 5.74) is 3.27. The first kappa shape index (κ1) is 16.8. The predicted octanol–water partition coefficient (Wildman–Crippen LogP) is 4.35. The minimum absolute atomic E-state index is 0.276. The van der Waals surface area contributed by atoms with E-state index >= 15 is 0 Å². The van der Waals surface area contributed by atoms with Crippen LogP contribution in [0.2, 0.25) is 0 Å². The van der Waals surface area contributed by atoms with E-state index in [2.05, 4.69) is 41.8 Å². The van der Waals surface area contributed by atoms with Gasteiger partial charge in [-0.1, -0.05) is 35.9 Å². The van der Waals surface area contributed by atoms with E-state index in [-0.39, 0.29) is 5.82 Å². The predicted molar refractivity (Wildman–Crippen MR) is 98.0 cm³/mol. The van der Waals surface area contributed by atoms with Gasteiger partial charge in [-0.2, -0.15) is 11.8 Å². The third-order valence-corrected chi connectivity index (χ3v) is 4.28. The van der Waals surface area contributed by atoms with Gasteiger partial charge >= 0.3 is 0 Å². The van der Waals surface area contributed by atoms with Crippen LogP contribution in [0.3, 0.4) is 0 Å². The molecule has 2 N–H and O–H groups in total. The first-order chi connectivity index (χ1) is 10.6. The highest BCUT2D eigenvalue weighted by Crippen LogP contribution is 2.12. The largest absolute Gasteiger partial charge is 0.362 e. The van der Waals surface area contributed by atoms with Crippen molar-refractivity contribution in [1.82, 2.24) is 5.32 Å². The summed E-state index contributed by atoms with van der Waals surface area (Å²) in [6.45, 7) is 2.87. The van der Waals surface area contributed by atoms with Crippen LogP contribution in [-0.2, 0) is 5.75 Å². The van der Waals surface area contributed by atoms with Crippen LogP contribution >= 0.6 is 24.0 Å². The first-order valence-electron chi connectivity index (χ1n) is 7.07. The van der Waals surface area contributed by atoms with Gasteiger partial charge < -0.3 is 10.6 Å². The van der Waals surface area contributed by atoms with E-state index in [1.165, 1.54) is 23.3 Å². The lowest BCUT2D eigenvalue weighted by molar-refractivity contribution is 0.628. The number of anilines is 1. The summed E-state index contributed by atoms with van der Waals surface area (Å²) >= 11 is 7.04. The summed E-state index contributed by atoms with van der Waals surface area (Å²) in [4.78, 5) is 0. The van der Waals surface area contributed by atoms with Gasteiger partial charge in [-0.25, -0.2) is 4.39 Å². The molecule has 0 unspecified atom stereocenters. The number of thioether (sulfide) groups is 1. The van der Waals surface area contributed by atoms with E-state index in [1.807, 2.05) is 11.8 Å². The number of nitrogens with one attached hydrogen (secondary N) is 2. The average Bonchev–Trinajstić information content (AvgIpc) is 2.49. The molecule has 0 aliphatic heterocycles. The zero-order valence-electron chi connectivity index (χ0n) is 12.4. The van der Waals surface area contributed by atoms with Gasteiger partial charge in [0.05, 0.1) is 0 Å². The Morgan fingerprint density at radius 2 is 1.95 bits per heavy atom. The quantitative estimate of drug-likeness (QED) is 0.606. The standard InChI is InChI=1S/C17H19FN2S2/c1-13-5-7-14(8-6-13)12-22-10-9-19-17(21)20-16-4-2-3-15(18)11-16/h2-8,11H,9-10,12H2,1H3,(H2,19,20,21). The van der Waals surface area contributed by atoms with Gasteiger partial charge in [-0.15, -0.1) is 0 Å². The normalized spacial score (nSPS) is 10.3. The van der Waals surface area contributed by atoms with Crippen molar-refractivity contribution in [2.24, 2.45) is 0 Å². The van der Waals surface area contributed by atoms with Gasteiger partial charge in [0.2, 0.25) is 0 Å². The first-order valence-corrected chi connectivity index (χ1v) is 8.63. The molecular formula is C17H19FN2S2.